The molecule has 0 radical (unpaired) electrons. The highest BCUT2D eigenvalue weighted by Gasteiger charge is 2.45. The quantitative estimate of drug-likeness (QED) is 0.223. The van der Waals surface area contributed by atoms with Gasteiger partial charge in [0.2, 0.25) is 0 Å². The number of fused-ring (bicyclic) bond motifs is 2. The third-order valence-electron chi connectivity index (χ3n) is 6.78. The van der Waals surface area contributed by atoms with Gasteiger partial charge < -0.3 is 0 Å². The maximum absolute atomic E-state index is 6.76. The summed E-state index contributed by atoms with van der Waals surface area (Å²) >= 11 is 14.2. The Morgan fingerprint density at radius 1 is 0.800 bits per heavy atom. The van der Waals surface area contributed by atoms with Gasteiger partial charge >= 0.3 is 0 Å². The van der Waals surface area contributed by atoms with E-state index in [0.717, 1.165) is 9.50 Å². The molecule has 2 heterocycles. The van der Waals surface area contributed by atoms with Gasteiger partial charge in [0, 0.05) is 25.5 Å². The molecule has 0 amide bonds. The van der Waals surface area contributed by atoms with E-state index < -0.39 is 8.07 Å². The summed E-state index contributed by atoms with van der Waals surface area (Å²) < 4.78 is 5.34. The zero-order chi connectivity index (χ0) is 21.8. The van der Waals surface area contributed by atoms with E-state index in [2.05, 4.69) is 99.3 Å². The molecule has 0 saturated heterocycles. The summed E-state index contributed by atoms with van der Waals surface area (Å²) in [5.41, 5.74) is 4.66. The van der Waals surface area contributed by atoms with Crippen LogP contribution < -0.4 is 4.50 Å². The Morgan fingerprint density at radius 3 is 2.07 bits per heavy atom. The lowest BCUT2D eigenvalue weighted by Gasteiger charge is -2.42. The molecular formula is C25H28BrClS2Si. The molecule has 4 aromatic rings. The van der Waals surface area contributed by atoms with Gasteiger partial charge in [-0.15, -0.1) is 22.7 Å². The van der Waals surface area contributed by atoms with Crippen molar-refractivity contribution in [3.63, 3.8) is 0 Å². The van der Waals surface area contributed by atoms with Crippen molar-refractivity contribution >= 4 is 83.0 Å². The summed E-state index contributed by atoms with van der Waals surface area (Å²) in [6, 6.07) is 13.4. The summed E-state index contributed by atoms with van der Waals surface area (Å²) in [6.07, 6.45) is 0. The first-order valence-electron chi connectivity index (χ1n) is 10.6. The van der Waals surface area contributed by atoms with Crippen molar-refractivity contribution in [2.45, 2.75) is 58.2 Å². The third-order valence-corrected chi connectivity index (χ3v) is 17.9. The highest BCUT2D eigenvalue weighted by molar-refractivity contribution is 9.10. The van der Waals surface area contributed by atoms with Gasteiger partial charge in [-0.2, -0.15) is 0 Å². The normalized spacial score (nSPS) is 12.9. The topological polar surface area (TPSA) is 0 Å². The van der Waals surface area contributed by atoms with Crippen LogP contribution in [0.15, 0.2) is 46.3 Å². The molecule has 0 aliphatic heterocycles. The van der Waals surface area contributed by atoms with Crippen LogP contribution in [-0.4, -0.2) is 8.07 Å². The molecule has 0 N–H and O–H groups in total. The molecule has 5 heteroatoms. The molecule has 4 rings (SSSR count). The molecule has 0 aliphatic carbocycles. The minimum atomic E-state index is -1.73. The molecule has 0 saturated carbocycles. The molecule has 2 aromatic carbocycles. The average Bonchev–Trinajstić information content (AvgIpc) is 3.31. The fourth-order valence-corrected chi connectivity index (χ4v) is 17.5. The standard InChI is InChI=1S/C25H28BrClS2Si/c1-14(2)30(15(3)4,16(5)6)23-13-20-17(8-10-22(27)25(20)29-23)18-7-9-21(26)19-11-12-28-24(18)19/h7-16H,1-6H3. The Bertz CT molecular complexity index is 1200. The van der Waals surface area contributed by atoms with Crippen LogP contribution in [0, 0.1) is 0 Å². The number of rotatable bonds is 5. The maximum atomic E-state index is 6.76. The third kappa shape index (κ3) is 3.34. The zero-order valence-electron chi connectivity index (χ0n) is 18.3. The lowest BCUT2D eigenvalue weighted by molar-refractivity contribution is 0.837. The SMILES string of the molecule is CC(C)[Si](c1cc2c(-c3ccc(Br)c4ccsc34)ccc(Cl)c2s1)(C(C)C)C(C)C. The van der Waals surface area contributed by atoms with E-state index >= 15 is 0 Å². The van der Waals surface area contributed by atoms with Crippen LogP contribution in [0.5, 0.6) is 0 Å². The van der Waals surface area contributed by atoms with Gasteiger partial charge in [0.25, 0.3) is 0 Å². The van der Waals surface area contributed by atoms with E-state index in [-0.39, 0.29) is 0 Å². The first-order chi connectivity index (χ1) is 14.2. The van der Waals surface area contributed by atoms with E-state index in [1.807, 2.05) is 22.7 Å². The number of hydrogen-bond donors (Lipinski definition) is 0. The largest absolute Gasteiger partial charge is 0.143 e. The Balaban J connectivity index is 2.04. The second-order valence-corrected chi connectivity index (χ2v) is 18.6. The van der Waals surface area contributed by atoms with Crippen molar-refractivity contribution in [1.29, 1.82) is 0 Å². The van der Waals surface area contributed by atoms with Crippen LogP contribution in [-0.2, 0) is 0 Å². The number of benzene rings is 2. The summed E-state index contributed by atoms with van der Waals surface area (Å²) in [4.78, 5) is 0. The van der Waals surface area contributed by atoms with Crippen molar-refractivity contribution in [2.24, 2.45) is 0 Å². The monoisotopic (exact) mass is 534 g/mol. The lowest BCUT2D eigenvalue weighted by atomic mass is 10.0. The Kier molecular flexibility index (Phi) is 6.28. The molecule has 158 valence electrons. The van der Waals surface area contributed by atoms with Gasteiger partial charge in [-0.1, -0.05) is 81.2 Å². The molecule has 30 heavy (non-hydrogen) atoms. The molecule has 0 spiro atoms. The predicted octanol–water partition coefficient (Wildman–Crippen LogP) is 10.1. The van der Waals surface area contributed by atoms with Crippen LogP contribution in [0.4, 0.5) is 0 Å². The van der Waals surface area contributed by atoms with E-state index in [1.54, 1.807) is 4.50 Å². The van der Waals surface area contributed by atoms with Crippen molar-refractivity contribution in [2.75, 3.05) is 0 Å². The van der Waals surface area contributed by atoms with E-state index in [4.69, 9.17) is 11.6 Å². The summed E-state index contributed by atoms with van der Waals surface area (Å²) in [7, 11) is -1.73. The highest BCUT2D eigenvalue weighted by Crippen LogP contribution is 2.46. The van der Waals surface area contributed by atoms with Crippen LogP contribution in [0.1, 0.15) is 41.5 Å². The molecular weight excluding hydrogens is 508 g/mol. The van der Waals surface area contributed by atoms with Crippen molar-refractivity contribution < 1.29 is 0 Å². The van der Waals surface area contributed by atoms with Gasteiger partial charge in [-0.3, -0.25) is 0 Å². The highest BCUT2D eigenvalue weighted by atomic mass is 79.9. The molecule has 0 bridgehead atoms. The lowest BCUT2D eigenvalue weighted by Crippen LogP contribution is -2.54. The summed E-state index contributed by atoms with van der Waals surface area (Å²) in [5.74, 6) is 0. The second-order valence-electron chi connectivity index (χ2n) is 9.10. The minimum absolute atomic E-state index is 0.685. The zero-order valence-corrected chi connectivity index (χ0v) is 23.3. The van der Waals surface area contributed by atoms with E-state index in [0.29, 0.717) is 16.6 Å². The fourth-order valence-electron chi connectivity index (χ4n) is 5.63. The predicted molar refractivity (Wildman–Crippen MR) is 146 cm³/mol. The van der Waals surface area contributed by atoms with Gasteiger partial charge in [0.15, 0.2) is 0 Å². The maximum Gasteiger partial charge on any atom is 0.107 e. The summed E-state index contributed by atoms with van der Waals surface area (Å²) in [5, 5.41) is 5.66. The fraction of sp³-hybridized carbons (Fsp3) is 0.360. The van der Waals surface area contributed by atoms with Gasteiger partial charge in [0.05, 0.1) is 9.72 Å². The Labute approximate surface area is 202 Å². The van der Waals surface area contributed by atoms with Crippen LogP contribution in [0.2, 0.25) is 21.6 Å². The van der Waals surface area contributed by atoms with Gasteiger partial charge in [-0.05, 0) is 56.3 Å². The molecule has 2 aromatic heterocycles. The smallest absolute Gasteiger partial charge is 0.107 e. The molecule has 0 aliphatic rings. The van der Waals surface area contributed by atoms with Crippen molar-refractivity contribution in [1.82, 2.24) is 0 Å². The Hall–Kier alpha value is -0.653. The molecule has 0 atom stereocenters. The van der Waals surface area contributed by atoms with E-state index in [1.165, 1.54) is 31.3 Å². The average molecular weight is 536 g/mol. The Morgan fingerprint density at radius 2 is 1.43 bits per heavy atom. The summed E-state index contributed by atoms with van der Waals surface area (Å²) in [6.45, 7) is 14.6. The van der Waals surface area contributed by atoms with Crippen molar-refractivity contribution in [3.05, 3.63) is 51.3 Å². The second kappa shape index (κ2) is 8.36. The van der Waals surface area contributed by atoms with Crippen LogP contribution in [0.25, 0.3) is 31.3 Å². The van der Waals surface area contributed by atoms with Gasteiger partial charge in [-0.25, -0.2) is 0 Å². The number of halogens is 2. The first-order valence-corrected chi connectivity index (χ1v) is 15.7. The van der Waals surface area contributed by atoms with Crippen LogP contribution in [0.3, 0.4) is 0 Å². The minimum Gasteiger partial charge on any atom is -0.143 e. The number of hydrogen-bond acceptors (Lipinski definition) is 2. The molecule has 0 nitrogen and oxygen atoms in total. The van der Waals surface area contributed by atoms with Crippen molar-refractivity contribution in [3.8, 4) is 11.1 Å². The molecule has 0 unspecified atom stereocenters. The first kappa shape index (κ1) is 22.5. The van der Waals surface area contributed by atoms with Crippen LogP contribution >= 0.6 is 50.2 Å². The van der Waals surface area contributed by atoms with E-state index in [9.17, 15) is 0 Å². The number of thiophene rings is 2. The van der Waals surface area contributed by atoms with Gasteiger partial charge in [0.1, 0.15) is 8.07 Å². The molecule has 0 fully saturated rings.